The number of hydrogen-bond donors (Lipinski definition) is 1. The third kappa shape index (κ3) is 3.25. The molecule has 0 aliphatic carbocycles. The lowest BCUT2D eigenvalue weighted by atomic mass is 10.1. The maximum absolute atomic E-state index is 5.87. The molecule has 1 aliphatic rings. The Morgan fingerprint density at radius 1 is 1.42 bits per heavy atom. The molecule has 0 radical (unpaired) electrons. The Balaban J connectivity index is 1.95. The molecular weight excluding hydrogens is 258 g/mol. The van der Waals surface area contributed by atoms with Gasteiger partial charge >= 0.3 is 0 Å². The summed E-state index contributed by atoms with van der Waals surface area (Å²) in [5, 5.41) is 0. The van der Waals surface area contributed by atoms with Crippen LogP contribution < -0.4 is 10.6 Å². The molecule has 0 saturated carbocycles. The van der Waals surface area contributed by atoms with E-state index in [1.54, 1.807) is 0 Å². The van der Waals surface area contributed by atoms with E-state index in [1.165, 1.54) is 0 Å². The molecular formula is C13H23N5S. The molecule has 2 heterocycles. The predicted molar refractivity (Wildman–Crippen MR) is 82.5 cm³/mol. The number of thiocarbonyl (C=S) groups is 1. The number of aromatic nitrogens is 2. The second kappa shape index (κ2) is 6.34. The highest BCUT2D eigenvalue weighted by Crippen LogP contribution is 2.16. The minimum Gasteiger partial charge on any atom is -0.392 e. The lowest BCUT2D eigenvalue weighted by molar-refractivity contribution is 0.218. The number of hydrogen-bond acceptors (Lipinski definition) is 4. The van der Waals surface area contributed by atoms with Gasteiger partial charge in [-0.05, 0) is 6.42 Å². The van der Waals surface area contributed by atoms with Crippen LogP contribution in [0.25, 0.3) is 0 Å². The largest absolute Gasteiger partial charge is 0.392 e. The number of rotatable bonds is 5. The van der Waals surface area contributed by atoms with Crippen molar-refractivity contribution in [1.82, 2.24) is 14.5 Å². The van der Waals surface area contributed by atoms with Gasteiger partial charge in [0.25, 0.3) is 0 Å². The maximum atomic E-state index is 5.87. The molecule has 0 amide bonds. The van der Waals surface area contributed by atoms with Crippen molar-refractivity contribution in [2.45, 2.75) is 25.8 Å². The number of aryl methyl sites for hydroxylation is 1. The molecule has 0 aromatic carbocycles. The lowest BCUT2D eigenvalue weighted by Gasteiger charge is -2.39. The first-order chi connectivity index (χ1) is 9.13. The van der Waals surface area contributed by atoms with Crippen LogP contribution in [0.3, 0.4) is 0 Å². The topological polar surface area (TPSA) is 50.3 Å². The van der Waals surface area contributed by atoms with Gasteiger partial charge in [0, 0.05) is 45.6 Å². The summed E-state index contributed by atoms with van der Waals surface area (Å²) in [7, 11) is 2.03. The zero-order valence-corrected chi connectivity index (χ0v) is 12.6. The van der Waals surface area contributed by atoms with Crippen molar-refractivity contribution in [1.29, 1.82) is 0 Å². The highest BCUT2D eigenvalue weighted by Gasteiger charge is 2.26. The minimum absolute atomic E-state index is 0.253. The number of nitrogens with two attached hydrogens (primary N) is 1. The van der Waals surface area contributed by atoms with Crippen LogP contribution in [0.5, 0.6) is 0 Å². The van der Waals surface area contributed by atoms with Crippen molar-refractivity contribution in [2.24, 2.45) is 12.8 Å². The standard InChI is InChI=1S/C13H23N5S/c1-3-4-11(12(14)19)17-7-9-18(10-8-17)13-15-5-6-16(13)2/h5-6,11H,3-4,7-10H2,1-2H3,(H2,14,19). The molecule has 1 aliphatic heterocycles. The molecule has 1 saturated heterocycles. The van der Waals surface area contributed by atoms with Gasteiger partial charge < -0.3 is 15.2 Å². The minimum atomic E-state index is 0.253. The van der Waals surface area contributed by atoms with Crippen LogP contribution in [0, 0.1) is 0 Å². The van der Waals surface area contributed by atoms with E-state index in [4.69, 9.17) is 18.0 Å². The average molecular weight is 281 g/mol. The van der Waals surface area contributed by atoms with Crippen molar-refractivity contribution in [3.05, 3.63) is 12.4 Å². The summed E-state index contributed by atoms with van der Waals surface area (Å²) >= 11 is 5.20. The van der Waals surface area contributed by atoms with Gasteiger partial charge in [-0.25, -0.2) is 4.98 Å². The Hall–Kier alpha value is -1.14. The van der Waals surface area contributed by atoms with E-state index >= 15 is 0 Å². The summed E-state index contributed by atoms with van der Waals surface area (Å²) in [5.74, 6) is 1.04. The zero-order chi connectivity index (χ0) is 13.8. The Morgan fingerprint density at radius 3 is 2.58 bits per heavy atom. The van der Waals surface area contributed by atoms with Crippen LogP contribution in [0.2, 0.25) is 0 Å². The van der Waals surface area contributed by atoms with Crippen LogP contribution >= 0.6 is 12.2 Å². The van der Waals surface area contributed by atoms with Gasteiger partial charge in [-0.2, -0.15) is 0 Å². The first kappa shape index (κ1) is 14.3. The van der Waals surface area contributed by atoms with Crippen molar-refractivity contribution in [3.63, 3.8) is 0 Å². The third-order valence-electron chi connectivity index (χ3n) is 3.72. The predicted octanol–water partition coefficient (Wildman–Crippen LogP) is 0.997. The van der Waals surface area contributed by atoms with Crippen molar-refractivity contribution in [3.8, 4) is 0 Å². The van der Waals surface area contributed by atoms with Crippen LogP contribution in [0.1, 0.15) is 19.8 Å². The van der Waals surface area contributed by atoms with Gasteiger partial charge in [-0.15, -0.1) is 0 Å². The van der Waals surface area contributed by atoms with E-state index in [1.807, 2.05) is 19.4 Å². The molecule has 106 valence electrons. The molecule has 1 unspecified atom stereocenters. The smallest absolute Gasteiger partial charge is 0.205 e. The Kier molecular flexibility index (Phi) is 4.76. The highest BCUT2D eigenvalue weighted by atomic mass is 32.1. The van der Waals surface area contributed by atoms with E-state index in [0.29, 0.717) is 4.99 Å². The molecule has 1 aromatic rings. The Bertz CT molecular complexity index is 422. The maximum Gasteiger partial charge on any atom is 0.205 e. The molecule has 1 atom stereocenters. The van der Waals surface area contributed by atoms with Crippen molar-refractivity contribution >= 4 is 23.2 Å². The highest BCUT2D eigenvalue weighted by molar-refractivity contribution is 7.80. The van der Waals surface area contributed by atoms with Gasteiger partial charge in [-0.1, -0.05) is 25.6 Å². The van der Waals surface area contributed by atoms with E-state index in [2.05, 4.69) is 26.3 Å². The fourth-order valence-electron chi connectivity index (χ4n) is 2.67. The summed E-state index contributed by atoms with van der Waals surface area (Å²) in [5.41, 5.74) is 5.87. The molecule has 2 N–H and O–H groups in total. The average Bonchev–Trinajstić information content (AvgIpc) is 2.82. The summed E-state index contributed by atoms with van der Waals surface area (Å²) in [4.78, 5) is 9.76. The fraction of sp³-hybridized carbons (Fsp3) is 0.692. The van der Waals surface area contributed by atoms with E-state index in [0.717, 1.165) is 45.0 Å². The number of nitrogens with zero attached hydrogens (tertiary/aromatic N) is 4. The van der Waals surface area contributed by atoms with Crippen LogP contribution in [-0.2, 0) is 7.05 Å². The Labute approximate surface area is 120 Å². The number of anilines is 1. The Morgan fingerprint density at radius 2 is 2.11 bits per heavy atom. The second-order valence-electron chi connectivity index (χ2n) is 5.07. The monoisotopic (exact) mass is 281 g/mol. The summed E-state index contributed by atoms with van der Waals surface area (Å²) < 4.78 is 2.06. The lowest BCUT2D eigenvalue weighted by Crippen LogP contribution is -2.54. The van der Waals surface area contributed by atoms with Gasteiger partial charge in [0.05, 0.1) is 11.0 Å². The summed E-state index contributed by atoms with van der Waals surface area (Å²) in [6.07, 6.45) is 5.99. The number of imidazole rings is 1. The van der Waals surface area contributed by atoms with Gasteiger partial charge in [-0.3, -0.25) is 4.90 Å². The second-order valence-corrected chi connectivity index (χ2v) is 5.54. The van der Waals surface area contributed by atoms with Gasteiger partial charge in [0.2, 0.25) is 5.95 Å². The van der Waals surface area contributed by atoms with E-state index < -0.39 is 0 Å². The van der Waals surface area contributed by atoms with Gasteiger partial charge in [0.1, 0.15) is 0 Å². The van der Waals surface area contributed by atoms with Crippen LogP contribution in [0.15, 0.2) is 12.4 Å². The zero-order valence-electron chi connectivity index (χ0n) is 11.7. The van der Waals surface area contributed by atoms with Crippen LogP contribution in [0.4, 0.5) is 5.95 Å². The molecule has 19 heavy (non-hydrogen) atoms. The normalized spacial score (nSPS) is 18.5. The molecule has 1 fully saturated rings. The van der Waals surface area contributed by atoms with Crippen molar-refractivity contribution < 1.29 is 0 Å². The molecule has 0 spiro atoms. The number of piperazine rings is 1. The third-order valence-corrected chi connectivity index (χ3v) is 4.00. The van der Waals surface area contributed by atoms with Crippen LogP contribution in [-0.4, -0.2) is 51.7 Å². The quantitative estimate of drug-likeness (QED) is 0.816. The molecule has 1 aromatic heterocycles. The molecule has 0 bridgehead atoms. The first-order valence-electron chi connectivity index (χ1n) is 6.89. The summed E-state index contributed by atoms with van der Waals surface area (Å²) in [6.45, 7) is 6.13. The SMILES string of the molecule is CCCC(C(N)=S)N1CCN(c2nccn2C)CC1. The first-order valence-corrected chi connectivity index (χ1v) is 7.30. The van der Waals surface area contributed by atoms with Gasteiger partial charge in [0.15, 0.2) is 0 Å². The van der Waals surface area contributed by atoms with E-state index in [9.17, 15) is 0 Å². The fourth-order valence-corrected chi connectivity index (χ4v) is 2.94. The van der Waals surface area contributed by atoms with Crippen molar-refractivity contribution in [2.75, 3.05) is 31.1 Å². The van der Waals surface area contributed by atoms with E-state index in [-0.39, 0.29) is 6.04 Å². The summed E-state index contributed by atoms with van der Waals surface area (Å²) in [6, 6.07) is 0.253. The molecule has 5 nitrogen and oxygen atoms in total. The molecule has 6 heteroatoms. The molecule has 2 rings (SSSR count).